The van der Waals surface area contributed by atoms with Crippen molar-refractivity contribution in [3.63, 3.8) is 0 Å². The molecule has 5 nitrogen and oxygen atoms in total. The first-order chi connectivity index (χ1) is 6.74. The minimum absolute atomic E-state index is 0.0941. The lowest BCUT2D eigenvalue weighted by Gasteiger charge is -1.80. The highest BCUT2D eigenvalue weighted by Gasteiger charge is 2.03. The van der Waals surface area contributed by atoms with Gasteiger partial charge in [-0.25, -0.2) is 4.79 Å². The SMILES string of the molecule is [N-]=[N+]=NCC#Cc1cc(C(=O)O)cs1. The van der Waals surface area contributed by atoms with E-state index >= 15 is 0 Å². The molecule has 0 atom stereocenters. The maximum atomic E-state index is 10.5. The molecule has 0 unspecified atom stereocenters. The van der Waals surface area contributed by atoms with E-state index in [1.54, 1.807) is 0 Å². The van der Waals surface area contributed by atoms with Crippen molar-refractivity contribution in [3.8, 4) is 11.8 Å². The van der Waals surface area contributed by atoms with Crippen LogP contribution in [0.1, 0.15) is 15.2 Å². The van der Waals surface area contributed by atoms with Gasteiger partial charge < -0.3 is 5.11 Å². The van der Waals surface area contributed by atoms with Crippen LogP contribution in [0.4, 0.5) is 0 Å². The van der Waals surface area contributed by atoms with Crippen molar-refractivity contribution >= 4 is 17.3 Å². The third kappa shape index (κ3) is 2.83. The summed E-state index contributed by atoms with van der Waals surface area (Å²) < 4.78 is 0. The second-order valence-corrected chi connectivity index (χ2v) is 3.11. The number of hydrogen-bond acceptors (Lipinski definition) is 3. The Balaban J connectivity index is 2.71. The van der Waals surface area contributed by atoms with Crippen molar-refractivity contribution in [2.45, 2.75) is 0 Å². The molecule has 1 heterocycles. The second-order valence-electron chi connectivity index (χ2n) is 2.20. The molecule has 6 heteroatoms. The molecule has 0 radical (unpaired) electrons. The summed E-state index contributed by atoms with van der Waals surface area (Å²) >= 11 is 1.25. The van der Waals surface area contributed by atoms with Gasteiger partial charge in [-0.15, -0.1) is 11.3 Å². The van der Waals surface area contributed by atoms with Gasteiger partial charge in [-0.2, -0.15) is 0 Å². The zero-order chi connectivity index (χ0) is 10.4. The lowest BCUT2D eigenvalue weighted by Crippen LogP contribution is -1.91. The number of thiophene rings is 1. The quantitative estimate of drug-likeness (QED) is 0.348. The Bertz CT molecular complexity index is 449. The molecule has 0 spiro atoms. The van der Waals surface area contributed by atoms with Gasteiger partial charge in [0.15, 0.2) is 0 Å². The normalized spacial score (nSPS) is 8.29. The maximum Gasteiger partial charge on any atom is 0.336 e. The van der Waals surface area contributed by atoms with E-state index in [0.717, 1.165) is 0 Å². The van der Waals surface area contributed by atoms with Crippen molar-refractivity contribution in [1.82, 2.24) is 0 Å². The van der Waals surface area contributed by atoms with Crippen LogP contribution in [-0.2, 0) is 0 Å². The minimum Gasteiger partial charge on any atom is -0.478 e. The largest absolute Gasteiger partial charge is 0.478 e. The average molecular weight is 207 g/mol. The van der Waals surface area contributed by atoms with Gasteiger partial charge in [-0.3, -0.25) is 0 Å². The van der Waals surface area contributed by atoms with Gasteiger partial charge in [-0.05, 0) is 11.6 Å². The fourth-order valence-corrected chi connectivity index (χ4v) is 1.46. The highest BCUT2D eigenvalue weighted by molar-refractivity contribution is 7.10. The molecule has 1 aromatic rings. The van der Waals surface area contributed by atoms with Gasteiger partial charge in [0, 0.05) is 10.3 Å². The van der Waals surface area contributed by atoms with Crippen molar-refractivity contribution in [2.75, 3.05) is 6.54 Å². The summed E-state index contributed by atoms with van der Waals surface area (Å²) in [5.41, 5.74) is 8.18. The standard InChI is InChI=1S/C8H5N3O2S/c9-11-10-3-1-2-7-4-6(5-14-7)8(12)13/h4-5H,3H2,(H,12,13). The van der Waals surface area contributed by atoms with E-state index < -0.39 is 5.97 Å². The average Bonchev–Trinajstić information content (AvgIpc) is 2.61. The van der Waals surface area contributed by atoms with Crippen LogP contribution in [0, 0.1) is 11.8 Å². The predicted molar refractivity (Wildman–Crippen MR) is 52.2 cm³/mol. The van der Waals surface area contributed by atoms with Gasteiger partial charge in [0.2, 0.25) is 0 Å². The van der Waals surface area contributed by atoms with Crippen molar-refractivity contribution in [3.05, 3.63) is 32.3 Å². The van der Waals surface area contributed by atoms with E-state index in [1.165, 1.54) is 22.8 Å². The summed E-state index contributed by atoms with van der Waals surface area (Å²) in [5.74, 6) is 4.33. The topological polar surface area (TPSA) is 86.1 Å². The van der Waals surface area contributed by atoms with Crippen molar-refractivity contribution < 1.29 is 9.90 Å². The highest BCUT2D eigenvalue weighted by Crippen LogP contribution is 2.12. The fourth-order valence-electron chi connectivity index (χ4n) is 0.708. The summed E-state index contributed by atoms with van der Waals surface area (Å²) in [5, 5.41) is 13.3. The van der Waals surface area contributed by atoms with E-state index in [9.17, 15) is 4.79 Å². The third-order valence-electron chi connectivity index (χ3n) is 1.27. The molecule has 0 aliphatic rings. The molecule has 1 aromatic heterocycles. The summed E-state index contributed by atoms with van der Waals surface area (Å²) in [6.07, 6.45) is 0. The molecule has 70 valence electrons. The Hall–Kier alpha value is -1.96. The molecule has 0 aliphatic heterocycles. The lowest BCUT2D eigenvalue weighted by atomic mass is 10.3. The summed E-state index contributed by atoms with van der Waals surface area (Å²) in [6, 6.07) is 1.48. The van der Waals surface area contributed by atoms with Gasteiger partial charge in [0.05, 0.1) is 17.0 Å². The van der Waals surface area contributed by atoms with Crippen molar-refractivity contribution in [1.29, 1.82) is 0 Å². The third-order valence-corrected chi connectivity index (χ3v) is 2.12. The van der Waals surface area contributed by atoms with E-state index in [4.69, 9.17) is 10.6 Å². The number of azide groups is 1. The van der Waals surface area contributed by atoms with Crippen LogP contribution in [0.3, 0.4) is 0 Å². The zero-order valence-corrected chi connectivity index (χ0v) is 7.78. The summed E-state index contributed by atoms with van der Waals surface area (Å²) in [7, 11) is 0. The van der Waals surface area contributed by atoms with Crippen LogP contribution in [-0.4, -0.2) is 17.6 Å². The summed E-state index contributed by atoms with van der Waals surface area (Å²) in [6.45, 7) is 0.0941. The summed E-state index contributed by atoms with van der Waals surface area (Å²) in [4.78, 5) is 13.7. The van der Waals surface area contributed by atoms with E-state index in [0.29, 0.717) is 4.88 Å². The Morgan fingerprint density at radius 2 is 2.57 bits per heavy atom. The van der Waals surface area contributed by atoms with Crippen LogP contribution in [0.15, 0.2) is 16.6 Å². The molecule has 14 heavy (non-hydrogen) atoms. The number of aromatic carboxylic acids is 1. The van der Waals surface area contributed by atoms with Gasteiger partial charge in [0.25, 0.3) is 0 Å². The van der Waals surface area contributed by atoms with Crippen LogP contribution in [0.5, 0.6) is 0 Å². The lowest BCUT2D eigenvalue weighted by molar-refractivity contribution is 0.0697. The zero-order valence-electron chi connectivity index (χ0n) is 6.97. The molecule has 0 amide bonds. The number of rotatable bonds is 2. The van der Waals surface area contributed by atoms with E-state index in [2.05, 4.69) is 21.9 Å². The number of carboxylic acid groups (broad SMARTS) is 1. The van der Waals surface area contributed by atoms with Crippen LogP contribution in [0.2, 0.25) is 0 Å². The Morgan fingerprint density at radius 3 is 3.14 bits per heavy atom. The van der Waals surface area contributed by atoms with Gasteiger partial charge in [-0.1, -0.05) is 17.0 Å². The highest BCUT2D eigenvalue weighted by atomic mass is 32.1. The molecule has 0 bridgehead atoms. The molecule has 0 saturated heterocycles. The van der Waals surface area contributed by atoms with Crippen LogP contribution >= 0.6 is 11.3 Å². The molecule has 0 saturated carbocycles. The molecular formula is C8H5N3O2S. The Morgan fingerprint density at radius 1 is 1.79 bits per heavy atom. The monoisotopic (exact) mass is 207 g/mol. The van der Waals surface area contributed by atoms with Crippen molar-refractivity contribution in [2.24, 2.45) is 5.11 Å². The molecule has 0 aliphatic carbocycles. The Labute approximate surface area is 83.6 Å². The predicted octanol–water partition coefficient (Wildman–Crippen LogP) is 2.11. The number of carboxylic acids is 1. The van der Waals surface area contributed by atoms with E-state index in [-0.39, 0.29) is 12.1 Å². The van der Waals surface area contributed by atoms with Crippen LogP contribution in [0.25, 0.3) is 10.4 Å². The smallest absolute Gasteiger partial charge is 0.336 e. The first kappa shape index (κ1) is 10.1. The molecule has 0 fully saturated rings. The first-order valence-corrected chi connectivity index (χ1v) is 4.43. The number of nitrogens with zero attached hydrogens (tertiary/aromatic N) is 3. The molecule has 1 N–H and O–H groups in total. The van der Waals surface area contributed by atoms with Gasteiger partial charge >= 0.3 is 5.97 Å². The first-order valence-electron chi connectivity index (χ1n) is 3.55. The number of carbonyl (C=O) groups is 1. The minimum atomic E-state index is -0.968. The second kappa shape index (κ2) is 4.92. The molecular weight excluding hydrogens is 202 g/mol. The number of hydrogen-bond donors (Lipinski definition) is 1. The molecule has 1 rings (SSSR count). The van der Waals surface area contributed by atoms with E-state index in [1.807, 2.05) is 0 Å². The van der Waals surface area contributed by atoms with Crippen LogP contribution < -0.4 is 0 Å². The van der Waals surface area contributed by atoms with Gasteiger partial charge in [0.1, 0.15) is 0 Å². The fraction of sp³-hybridized carbons (Fsp3) is 0.125. The maximum absolute atomic E-state index is 10.5. The Kier molecular flexibility index (Phi) is 3.56. The molecule has 0 aromatic carbocycles.